The van der Waals surface area contributed by atoms with Crippen molar-refractivity contribution in [3.63, 3.8) is 0 Å². The van der Waals surface area contributed by atoms with Gasteiger partial charge in [0, 0.05) is 44.3 Å². The lowest BCUT2D eigenvalue weighted by Crippen LogP contribution is -2.48. The van der Waals surface area contributed by atoms with E-state index in [1.54, 1.807) is 7.05 Å². The summed E-state index contributed by atoms with van der Waals surface area (Å²) in [6.07, 6.45) is 5.74. The van der Waals surface area contributed by atoms with Gasteiger partial charge in [-0.05, 0) is 31.1 Å². The van der Waals surface area contributed by atoms with E-state index in [1.807, 2.05) is 0 Å². The second-order valence-corrected chi connectivity index (χ2v) is 11.1. The predicted octanol–water partition coefficient (Wildman–Crippen LogP) is 2.44. The number of guanidine groups is 1. The number of sulfone groups is 1. The molecule has 1 heterocycles. The molecule has 1 saturated carbocycles. The summed E-state index contributed by atoms with van der Waals surface area (Å²) < 4.78 is 29.2. The van der Waals surface area contributed by atoms with Crippen LogP contribution in [0.3, 0.4) is 0 Å². The van der Waals surface area contributed by atoms with Crippen LogP contribution in [-0.2, 0) is 14.6 Å². The molecule has 0 aromatic carbocycles. The van der Waals surface area contributed by atoms with Crippen LogP contribution in [0.25, 0.3) is 0 Å². The minimum Gasteiger partial charge on any atom is -0.377 e. The van der Waals surface area contributed by atoms with Gasteiger partial charge in [0.05, 0.1) is 11.9 Å². The molecule has 0 aromatic rings. The zero-order valence-corrected chi connectivity index (χ0v) is 19.9. The van der Waals surface area contributed by atoms with Crippen LogP contribution < -0.4 is 10.6 Å². The summed E-state index contributed by atoms with van der Waals surface area (Å²) in [7, 11) is -1.19. The first-order valence-electron chi connectivity index (χ1n) is 9.29. The summed E-state index contributed by atoms with van der Waals surface area (Å²) in [4.78, 5) is 4.29. The van der Waals surface area contributed by atoms with Gasteiger partial charge in [0.2, 0.25) is 0 Å². The first kappa shape index (κ1) is 23.9. The third-order valence-corrected chi connectivity index (χ3v) is 6.35. The van der Waals surface area contributed by atoms with Gasteiger partial charge >= 0.3 is 0 Å². The molecule has 0 amide bonds. The van der Waals surface area contributed by atoms with E-state index < -0.39 is 9.84 Å². The van der Waals surface area contributed by atoms with Crippen molar-refractivity contribution in [2.45, 2.75) is 52.6 Å². The van der Waals surface area contributed by atoms with E-state index in [4.69, 9.17) is 4.74 Å². The fraction of sp³-hybridized carbons (Fsp3) is 0.944. The van der Waals surface area contributed by atoms with Crippen molar-refractivity contribution in [1.29, 1.82) is 0 Å². The second kappa shape index (κ2) is 9.41. The maximum atomic E-state index is 11.6. The Morgan fingerprint density at radius 2 is 1.92 bits per heavy atom. The Kier molecular flexibility index (Phi) is 8.66. The number of halogens is 1. The van der Waals surface area contributed by atoms with E-state index >= 15 is 0 Å². The highest BCUT2D eigenvalue weighted by Crippen LogP contribution is 2.46. The van der Waals surface area contributed by atoms with Gasteiger partial charge in [0.1, 0.15) is 9.84 Å². The molecule has 8 heteroatoms. The van der Waals surface area contributed by atoms with Gasteiger partial charge in [-0.1, -0.05) is 20.8 Å². The summed E-state index contributed by atoms with van der Waals surface area (Å²) >= 11 is 0. The molecule has 2 fully saturated rings. The Labute approximate surface area is 176 Å². The molecule has 6 nitrogen and oxygen atoms in total. The monoisotopic (exact) mass is 501 g/mol. The Bertz CT molecular complexity index is 583. The molecule has 1 aliphatic carbocycles. The third-order valence-electron chi connectivity index (χ3n) is 5.21. The molecular formula is C18H36IN3O3S. The zero-order chi connectivity index (χ0) is 18.7. The molecule has 1 aliphatic heterocycles. The average molecular weight is 501 g/mol. The van der Waals surface area contributed by atoms with Crippen LogP contribution >= 0.6 is 24.0 Å². The third kappa shape index (κ3) is 7.50. The predicted molar refractivity (Wildman–Crippen MR) is 118 cm³/mol. The quantitative estimate of drug-likeness (QED) is 0.332. The second-order valence-electron chi connectivity index (χ2n) is 8.94. The van der Waals surface area contributed by atoms with E-state index in [-0.39, 0.29) is 46.7 Å². The molecule has 0 spiro atoms. The Balaban J connectivity index is 0.00000338. The molecule has 2 rings (SSSR count). The Morgan fingerprint density at radius 3 is 2.42 bits per heavy atom. The van der Waals surface area contributed by atoms with Crippen molar-refractivity contribution in [3.05, 3.63) is 0 Å². The molecule has 2 aliphatic rings. The average Bonchev–Trinajstić information content (AvgIpc) is 3.24. The lowest BCUT2D eigenvalue weighted by molar-refractivity contribution is -0.0835. The van der Waals surface area contributed by atoms with Crippen LogP contribution in [0.4, 0.5) is 0 Å². The number of hydrogen-bond donors (Lipinski definition) is 2. The SMILES string of the molecule is CN=C(NCC1CCCOC1C(C)(C)C)NCC1(CS(C)(=O)=O)CC1.I. The molecule has 0 bridgehead atoms. The smallest absolute Gasteiger partial charge is 0.191 e. The minimum atomic E-state index is -2.94. The maximum absolute atomic E-state index is 11.6. The maximum Gasteiger partial charge on any atom is 0.191 e. The summed E-state index contributed by atoms with van der Waals surface area (Å²) in [6, 6.07) is 0. The zero-order valence-electron chi connectivity index (χ0n) is 16.8. The summed E-state index contributed by atoms with van der Waals surface area (Å²) in [5, 5.41) is 6.74. The van der Waals surface area contributed by atoms with E-state index in [2.05, 4.69) is 36.4 Å². The van der Waals surface area contributed by atoms with Crippen LogP contribution in [0.1, 0.15) is 46.5 Å². The van der Waals surface area contributed by atoms with Crippen LogP contribution in [0.5, 0.6) is 0 Å². The molecule has 1 saturated heterocycles. The van der Waals surface area contributed by atoms with Gasteiger partial charge in [0.15, 0.2) is 5.96 Å². The largest absolute Gasteiger partial charge is 0.377 e. The van der Waals surface area contributed by atoms with Gasteiger partial charge in [-0.15, -0.1) is 24.0 Å². The Morgan fingerprint density at radius 1 is 1.27 bits per heavy atom. The molecule has 26 heavy (non-hydrogen) atoms. The van der Waals surface area contributed by atoms with Gasteiger partial charge in [-0.25, -0.2) is 8.42 Å². The van der Waals surface area contributed by atoms with Crippen LogP contribution in [0, 0.1) is 16.7 Å². The molecule has 2 atom stereocenters. The Hall–Kier alpha value is -0.0900. The van der Waals surface area contributed by atoms with Gasteiger partial charge < -0.3 is 15.4 Å². The number of nitrogens with zero attached hydrogens (tertiary/aromatic N) is 1. The van der Waals surface area contributed by atoms with Crippen molar-refractivity contribution < 1.29 is 13.2 Å². The van der Waals surface area contributed by atoms with Crippen molar-refractivity contribution in [2.24, 2.45) is 21.7 Å². The van der Waals surface area contributed by atoms with Crippen LogP contribution in [-0.4, -0.2) is 59.2 Å². The van der Waals surface area contributed by atoms with Crippen LogP contribution in [0.2, 0.25) is 0 Å². The first-order chi connectivity index (χ1) is 11.5. The number of nitrogens with one attached hydrogen (secondary N) is 2. The van der Waals surface area contributed by atoms with Gasteiger partial charge in [-0.2, -0.15) is 0 Å². The number of aliphatic imine (C=N–C) groups is 1. The minimum absolute atomic E-state index is 0. The molecular weight excluding hydrogens is 465 g/mol. The lowest BCUT2D eigenvalue weighted by Gasteiger charge is -2.40. The topological polar surface area (TPSA) is 79.8 Å². The molecule has 154 valence electrons. The van der Waals surface area contributed by atoms with E-state index in [0.717, 1.165) is 44.8 Å². The van der Waals surface area contributed by atoms with E-state index in [1.165, 1.54) is 6.26 Å². The molecule has 0 aromatic heterocycles. The summed E-state index contributed by atoms with van der Waals surface area (Å²) in [6.45, 7) is 9.00. The number of hydrogen-bond acceptors (Lipinski definition) is 4. The normalized spacial score (nSPS) is 26.0. The highest BCUT2D eigenvalue weighted by Gasteiger charge is 2.45. The highest BCUT2D eigenvalue weighted by molar-refractivity contribution is 14.0. The fourth-order valence-electron chi connectivity index (χ4n) is 3.83. The van der Waals surface area contributed by atoms with Crippen molar-refractivity contribution in [2.75, 3.05) is 38.8 Å². The molecule has 2 unspecified atom stereocenters. The van der Waals surface area contributed by atoms with Crippen molar-refractivity contribution in [3.8, 4) is 0 Å². The van der Waals surface area contributed by atoms with Gasteiger partial charge in [0.25, 0.3) is 0 Å². The first-order valence-corrected chi connectivity index (χ1v) is 11.3. The standard InChI is InChI=1S/C18H35N3O3S.HI/c1-17(2,3)15-14(7-6-10-24-15)11-20-16(19-4)21-12-18(8-9-18)13-25(5,22)23;/h14-15H,6-13H2,1-5H3,(H2,19,20,21);1H. The molecule has 0 radical (unpaired) electrons. The lowest BCUT2D eigenvalue weighted by atomic mass is 9.78. The molecule has 2 N–H and O–H groups in total. The van der Waals surface area contributed by atoms with Crippen molar-refractivity contribution in [1.82, 2.24) is 10.6 Å². The van der Waals surface area contributed by atoms with Crippen LogP contribution in [0.15, 0.2) is 4.99 Å². The summed E-state index contributed by atoms with van der Waals surface area (Å²) in [5.74, 6) is 1.46. The highest BCUT2D eigenvalue weighted by atomic mass is 127. The fourth-order valence-corrected chi connectivity index (χ4v) is 5.34. The van der Waals surface area contributed by atoms with Gasteiger partial charge in [-0.3, -0.25) is 4.99 Å². The van der Waals surface area contributed by atoms with Crippen molar-refractivity contribution >= 4 is 39.8 Å². The number of ether oxygens (including phenoxy) is 1. The number of rotatable bonds is 6. The summed E-state index contributed by atoms with van der Waals surface area (Å²) in [5.41, 5.74) is 0.0182. The van der Waals surface area contributed by atoms with E-state index in [9.17, 15) is 8.42 Å². The van der Waals surface area contributed by atoms with E-state index in [0.29, 0.717) is 12.5 Å².